The predicted molar refractivity (Wildman–Crippen MR) is 183 cm³/mol. The van der Waals surface area contributed by atoms with Gasteiger partial charge in [-0.15, -0.1) is 0 Å². The molecule has 2 aliphatic heterocycles. The SMILES string of the molecule is CC1(C)COC(c2cccc(-c3ccc4c5ccc(-c6cccc(C7=NC(C)(C)CO7)c6)cc5c5ccccc5c4c3)c2)=N1. The van der Waals surface area contributed by atoms with Crippen LogP contribution in [0.15, 0.2) is 119 Å². The molecule has 0 aromatic heterocycles. The Bertz CT molecular complexity index is 2010. The van der Waals surface area contributed by atoms with E-state index in [0.717, 1.165) is 34.0 Å². The van der Waals surface area contributed by atoms with Crippen molar-refractivity contribution in [2.75, 3.05) is 13.2 Å². The van der Waals surface area contributed by atoms with E-state index in [-0.39, 0.29) is 11.1 Å². The molecule has 0 aliphatic carbocycles. The summed E-state index contributed by atoms with van der Waals surface area (Å²) in [5, 5.41) is 7.50. The first-order chi connectivity index (χ1) is 21.2. The third-order valence-electron chi connectivity index (χ3n) is 8.66. The van der Waals surface area contributed by atoms with E-state index in [2.05, 4.69) is 137 Å². The molecule has 2 aliphatic rings. The van der Waals surface area contributed by atoms with Crippen molar-refractivity contribution >= 4 is 44.1 Å². The largest absolute Gasteiger partial charge is 0.475 e. The molecule has 6 aromatic rings. The van der Waals surface area contributed by atoms with Crippen molar-refractivity contribution in [3.05, 3.63) is 120 Å². The lowest BCUT2D eigenvalue weighted by Gasteiger charge is -2.14. The van der Waals surface area contributed by atoms with E-state index in [1.807, 2.05) is 0 Å². The number of ether oxygens (including phenoxy) is 2. The highest BCUT2D eigenvalue weighted by Crippen LogP contribution is 2.39. The van der Waals surface area contributed by atoms with Gasteiger partial charge in [-0.3, -0.25) is 0 Å². The lowest BCUT2D eigenvalue weighted by atomic mass is 9.90. The standard InChI is InChI=1S/C40H34N2O2/c1-39(2)23-43-37(41-39)29-11-7-9-25(19-29)27-15-17-33-34-18-16-28(22-36(34)32-14-6-5-13-31(32)35(33)21-27)26-10-8-12-30(20-26)38-42-40(3,4)24-44-38/h5-22H,23-24H2,1-4H3. The summed E-state index contributed by atoms with van der Waals surface area (Å²) in [6.45, 7) is 9.62. The van der Waals surface area contributed by atoms with Crippen molar-refractivity contribution in [2.45, 2.75) is 38.8 Å². The topological polar surface area (TPSA) is 43.2 Å². The van der Waals surface area contributed by atoms with Crippen LogP contribution in [0.5, 0.6) is 0 Å². The lowest BCUT2D eigenvalue weighted by Crippen LogP contribution is -2.17. The summed E-state index contributed by atoms with van der Waals surface area (Å²) < 4.78 is 11.9. The Morgan fingerprint density at radius 2 is 0.795 bits per heavy atom. The van der Waals surface area contributed by atoms with Crippen LogP contribution in [-0.4, -0.2) is 36.1 Å². The number of rotatable bonds is 4. The number of benzene rings is 6. The Hall–Kier alpha value is -4.96. The molecule has 0 N–H and O–H groups in total. The van der Waals surface area contributed by atoms with Crippen LogP contribution in [0, 0.1) is 0 Å². The van der Waals surface area contributed by atoms with E-state index in [1.54, 1.807) is 0 Å². The van der Waals surface area contributed by atoms with Crippen molar-refractivity contribution in [2.24, 2.45) is 9.98 Å². The molecular formula is C40H34N2O2. The minimum absolute atomic E-state index is 0.187. The molecule has 4 nitrogen and oxygen atoms in total. The fourth-order valence-electron chi connectivity index (χ4n) is 6.44. The summed E-state index contributed by atoms with van der Waals surface area (Å²) in [5.41, 5.74) is 6.32. The van der Waals surface area contributed by atoms with Gasteiger partial charge in [0.05, 0.1) is 11.1 Å². The predicted octanol–water partition coefficient (Wildman–Crippen LogP) is 9.59. The van der Waals surface area contributed by atoms with Crippen LogP contribution in [-0.2, 0) is 9.47 Å². The Balaban J connectivity index is 1.24. The molecule has 0 atom stereocenters. The molecule has 0 bridgehead atoms. The molecule has 4 heteroatoms. The van der Waals surface area contributed by atoms with Crippen LogP contribution in [0.4, 0.5) is 0 Å². The summed E-state index contributed by atoms with van der Waals surface area (Å²) in [6, 6.07) is 39.5. The maximum absolute atomic E-state index is 5.94. The maximum atomic E-state index is 5.94. The Morgan fingerprint density at radius 3 is 1.20 bits per heavy atom. The van der Waals surface area contributed by atoms with Gasteiger partial charge in [0.15, 0.2) is 0 Å². The van der Waals surface area contributed by atoms with Crippen molar-refractivity contribution in [1.29, 1.82) is 0 Å². The minimum Gasteiger partial charge on any atom is -0.475 e. The number of hydrogen-bond acceptors (Lipinski definition) is 4. The summed E-state index contributed by atoms with van der Waals surface area (Å²) in [6.07, 6.45) is 0. The third kappa shape index (κ3) is 4.62. The van der Waals surface area contributed by atoms with E-state index in [1.165, 1.54) is 43.4 Å². The van der Waals surface area contributed by atoms with Crippen LogP contribution >= 0.6 is 0 Å². The molecule has 0 saturated carbocycles. The second-order valence-electron chi connectivity index (χ2n) is 13.3. The average molecular weight is 575 g/mol. The molecule has 0 fully saturated rings. The number of aliphatic imine (C=N–C) groups is 2. The molecular weight excluding hydrogens is 540 g/mol. The van der Waals surface area contributed by atoms with Gasteiger partial charge < -0.3 is 9.47 Å². The quantitative estimate of drug-likeness (QED) is 0.197. The van der Waals surface area contributed by atoms with Gasteiger partial charge in [-0.05, 0) is 119 Å². The number of hydrogen-bond donors (Lipinski definition) is 0. The monoisotopic (exact) mass is 574 g/mol. The van der Waals surface area contributed by atoms with Gasteiger partial charge in [-0.1, -0.05) is 72.8 Å². The Kier molecular flexibility index (Phi) is 5.93. The molecule has 6 aromatic carbocycles. The molecule has 0 radical (unpaired) electrons. The molecule has 0 saturated heterocycles. The van der Waals surface area contributed by atoms with Gasteiger partial charge in [0, 0.05) is 11.1 Å². The molecule has 0 unspecified atom stereocenters. The highest BCUT2D eigenvalue weighted by Gasteiger charge is 2.28. The normalized spacial score (nSPS) is 17.0. The van der Waals surface area contributed by atoms with Gasteiger partial charge >= 0.3 is 0 Å². The van der Waals surface area contributed by atoms with E-state index in [9.17, 15) is 0 Å². The summed E-state index contributed by atoms with van der Waals surface area (Å²) in [5.74, 6) is 1.45. The zero-order valence-electron chi connectivity index (χ0n) is 25.5. The highest BCUT2D eigenvalue weighted by molar-refractivity contribution is 6.26. The van der Waals surface area contributed by atoms with E-state index >= 15 is 0 Å². The summed E-state index contributed by atoms with van der Waals surface area (Å²) >= 11 is 0. The summed E-state index contributed by atoms with van der Waals surface area (Å²) in [4.78, 5) is 9.58. The smallest absolute Gasteiger partial charge is 0.216 e. The maximum Gasteiger partial charge on any atom is 0.216 e. The van der Waals surface area contributed by atoms with Gasteiger partial charge in [-0.2, -0.15) is 0 Å². The van der Waals surface area contributed by atoms with Crippen molar-refractivity contribution in [3.8, 4) is 22.3 Å². The molecule has 2 heterocycles. The first-order valence-corrected chi connectivity index (χ1v) is 15.3. The highest BCUT2D eigenvalue weighted by atomic mass is 16.5. The molecule has 44 heavy (non-hydrogen) atoms. The van der Waals surface area contributed by atoms with Crippen LogP contribution in [0.1, 0.15) is 38.8 Å². The first kappa shape index (κ1) is 26.7. The van der Waals surface area contributed by atoms with Gasteiger partial charge in [0.25, 0.3) is 0 Å². The molecule has 8 rings (SSSR count). The van der Waals surface area contributed by atoms with Crippen LogP contribution in [0.3, 0.4) is 0 Å². The van der Waals surface area contributed by atoms with E-state index < -0.39 is 0 Å². The number of nitrogens with zero attached hydrogens (tertiary/aromatic N) is 2. The fraction of sp³-hybridized carbons (Fsp3) is 0.200. The van der Waals surface area contributed by atoms with E-state index in [0.29, 0.717) is 13.2 Å². The van der Waals surface area contributed by atoms with Gasteiger partial charge in [0.2, 0.25) is 11.8 Å². The fourth-order valence-corrected chi connectivity index (χ4v) is 6.44. The van der Waals surface area contributed by atoms with Crippen molar-refractivity contribution in [1.82, 2.24) is 0 Å². The van der Waals surface area contributed by atoms with Crippen LogP contribution < -0.4 is 0 Å². The second-order valence-corrected chi connectivity index (χ2v) is 13.3. The summed E-state index contributed by atoms with van der Waals surface area (Å²) in [7, 11) is 0. The Labute approximate surface area is 257 Å². The van der Waals surface area contributed by atoms with Gasteiger partial charge in [0.1, 0.15) is 13.2 Å². The van der Waals surface area contributed by atoms with Gasteiger partial charge in [-0.25, -0.2) is 9.98 Å². The van der Waals surface area contributed by atoms with Crippen molar-refractivity contribution in [3.63, 3.8) is 0 Å². The van der Waals surface area contributed by atoms with Crippen molar-refractivity contribution < 1.29 is 9.47 Å². The molecule has 0 amide bonds. The first-order valence-electron chi connectivity index (χ1n) is 15.3. The lowest BCUT2D eigenvalue weighted by molar-refractivity contribution is 0.279. The second kappa shape index (κ2) is 9.78. The molecule has 0 spiro atoms. The zero-order chi connectivity index (χ0) is 30.1. The Morgan fingerprint density at radius 1 is 0.409 bits per heavy atom. The van der Waals surface area contributed by atoms with E-state index in [4.69, 9.17) is 19.5 Å². The molecule has 216 valence electrons. The average Bonchev–Trinajstić information content (AvgIpc) is 3.61. The minimum atomic E-state index is -0.187. The third-order valence-corrected chi connectivity index (χ3v) is 8.66. The number of fused-ring (bicyclic) bond motifs is 6. The van der Waals surface area contributed by atoms with Crippen LogP contribution in [0.2, 0.25) is 0 Å². The zero-order valence-corrected chi connectivity index (χ0v) is 25.5. The van der Waals surface area contributed by atoms with Crippen LogP contribution in [0.25, 0.3) is 54.6 Å².